The van der Waals surface area contributed by atoms with Gasteiger partial charge in [-0.1, -0.05) is 0 Å². The molecule has 0 radical (unpaired) electrons. The lowest BCUT2D eigenvalue weighted by atomic mass is 10.2. The minimum Gasteiger partial charge on any atom is -0.489 e. The minimum absolute atomic E-state index is 0.224. The second kappa shape index (κ2) is 4.49. The van der Waals surface area contributed by atoms with Gasteiger partial charge in [0.15, 0.2) is 0 Å². The van der Waals surface area contributed by atoms with Crippen LogP contribution in [0.3, 0.4) is 0 Å². The van der Waals surface area contributed by atoms with Crippen LogP contribution >= 0.6 is 0 Å². The Morgan fingerprint density at radius 3 is 3.00 bits per heavy atom. The molecule has 1 amide bonds. The Morgan fingerprint density at radius 2 is 2.44 bits per heavy atom. The van der Waals surface area contributed by atoms with Gasteiger partial charge in [0.25, 0.3) is 5.91 Å². The summed E-state index contributed by atoms with van der Waals surface area (Å²) >= 11 is 0. The summed E-state index contributed by atoms with van der Waals surface area (Å²) in [6.45, 7) is 0.275. The molecule has 16 heavy (non-hydrogen) atoms. The predicted octanol–water partition coefficient (Wildman–Crippen LogP) is 0.441. The third-order valence-electron chi connectivity index (χ3n) is 2.43. The van der Waals surface area contributed by atoms with Crippen LogP contribution in [0.5, 0.6) is 5.75 Å². The number of nitrogens with two attached hydrogens (primary N) is 1. The minimum atomic E-state index is -0.224. The molecule has 0 aliphatic heterocycles. The van der Waals surface area contributed by atoms with Gasteiger partial charge in [-0.25, -0.2) is 4.98 Å². The highest BCUT2D eigenvalue weighted by atomic mass is 16.5. The molecular weight excluding hydrogens is 206 g/mol. The van der Waals surface area contributed by atoms with Gasteiger partial charge in [0, 0.05) is 19.2 Å². The fourth-order valence-corrected chi connectivity index (χ4v) is 1.41. The molecule has 0 bridgehead atoms. The SMILES string of the molecule is CNC(=O)c1ncc(OC2CC2)cc1CN. The predicted molar refractivity (Wildman–Crippen MR) is 59.2 cm³/mol. The highest BCUT2D eigenvalue weighted by Crippen LogP contribution is 2.27. The van der Waals surface area contributed by atoms with Gasteiger partial charge in [-0.15, -0.1) is 0 Å². The molecule has 0 atom stereocenters. The first-order valence-corrected chi connectivity index (χ1v) is 5.32. The van der Waals surface area contributed by atoms with Crippen molar-refractivity contribution in [2.75, 3.05) is 7.05 Å². The second-order valence-electron chi connectivity index (χ2n) is 3.78. The first kappa shape index (κ1) is 10.9. The summed E-state index contributed by atoms with van der Waals surface area (Å²) in [6, 6.07) is 1.79. The van der Waals surface area contributed by atoms with E-state index in [9.17, 15) is 4.79 Å². The van der Waals surface area contributed by atoms with Crippen LogP contribution in [-0.4, -0.2) is 24.0 Å². The number of carbonyl (C=O) groups excluding carboxylic acids is 1. The summed E-state index contributed by atoms with van der Waals surface area (Å²) in [7, 11) is 1.57. The molecule has 1 saturated carbocycles. The summed E-state index contributed by atoms with van der Waals surface area (Å²) in [6.07, 6.45) is 4.07. The number of ether oxygens (including phenoxy) is 1. The lowest BCUT2D eigenvalue weighted by molar-refractivity contribution is 0.0957. The van der Waals surface area contributed by atoms with E-state index in [4.69, 9.17) is 10.5 Å². The van der Waals surface area contributed by atoms with Crippen molar-refractivity contribution in [1.29, 1.82) is 0 Å². The van der Waals surface area contributed by atoms with E-state index in [1.165, 1.54) is 0 Å². The van der Waals surface area contributed by atoms with Crippen LogP contribution in [0.2, 0.25) is 0 Å². The highest BCUT2D eigenvalue weighted by Gasteiger charge is 2.24. The van der Waals surface area contributed by atoms with E-state index in [1.54, 1.807) is 19.3 Å². The number of nitrogens with zero attached hydrogens (tertiary/aromatic N) is 1. The molecule has 0 saturated heterocycles. The summed E-state index contributed by atoms with van der Waals surface area (Å²) in [5.41, 5.74) is 6.66. The summed E-state index contributed by atoms with van der Waals surface area (Å²) < 4.78 is 5.59. The van der Waals surface area contributed by atoms with Crippen molar-refractivity contribution in [2.24, 2.45) is 5.73 Å². The molecule has 1 aliphatic carbocycles. The number of pyridine rings is 1. The van der Waals surface area contributed by atoms with Crippen LogP contribution in [-0.2, 0) is 6.54 Å². The molecule has 0 aromatic carbocycles. The van der Waals surface area contributed by atoms with Gasteiger partial charge >= 0.3 is 0 Å². The van der Waals surface area contributed by atoms with E-state index in [1.807, 2.05) is 0 Å². The Morgan fingerprint density at radius 1 is 1.69 bits per heavy atom. The number of aromatic nitrogens is 1. The number of nitrogens with one attached hydrogen (secondary N) is 1. The first-order chi connectivity index (χ1) is 7.74. The standard InChI is InChI=1S/C11H15N3O2/c1-13-11(15)10-7(5-12)4-9(6-14-10)16-8-2-3-8/h4,6,8H,2-3,5,12H2,1H3,(H,13,15). The average Bonchev–Trinajstić information content (AvgIpc) is 3.11. The molecule has 0 unspecified atom stereocenters. The highest BCUT2D eigenvalue weighted by molar-refractivity contribution is 5.93. The summed E-state index contributed by atoms with van der Waals surface area (Å²) in [5, 5.41) is 2.53. The van der Waals surface area contributed by atoms with Crippen molar-refractivity contribution < 1.29 is 9.53 Å². The van der Waals surface area contributed by atoms with Gasteiger partial charge in [-0.05, 0) is 18.9 Å². The van der Waals surface area contributed by atoms with Crippen molar-refractivity contribution in [2.45, 2.75) is 25.5 Å². The number of amides is 1. The zero-order valence-corrected chi connectivity index (χ0v) is 9.19. The quantitative estimate of drug-likeness (QED) is 0.773. The molecule has 3 N–H and O–H groups in total. The second-order valence-corrected chi connectivity index (χ2v) is 3.78. The number of rotatable bonds is 4. The van der Waals surface area contributed by atoms with Gasteiger partial charge < -0.3 is 15.8 Å². The van der Waals surface area contributed by atoms with Crippen LogP contribution in [0.4, 0.5) is 0 Å². The zero-order chi connectivity index (χ0) is 11.5. The average molecular weight is 221 g/mol. The topological polar surface area (TPSA) is 77.2 Å². The Hall–Kier alpha value is -1.62. The number of carbonyl (C=O) groups is 1. The monoisotopic (exact) mass is 221 g/mol. The van der Waals surface area contributed by atoms with E-state index < -0.39 is 0 Å². The Labute approximate surface area is 94.0 Å². The summed E-state index contributed by atoms with van der Waals surface area (Å²) in [5.74, 6) is 0.467. The molecule has 1 aromatic heterocycles. The van der Waals surface area contributed by atoms with Crippen molar-refractivity contribution in [3.8, 4) is 5.75 Å². The zero-order valence-electron chi connectivity index (χ0n) is 9.19. The normalized spacial score (nSPS) is 14.6. The van der Waals surface area contributed by atoms with E-state index in [2.05, 4.69) is 10.3 Å². The molecule has 1 heterocycles. The third-order valence-corrected chi connectivity index (χ3v) is 2.43. The largest absolute Gasteiger partial charge is 0.489 e. The van der Waals surface area contributed by atoms with Gasteiger partial charge in [0.2, 0.25) is 0 Å². The van der Waals surface area contributed by atoms with Crippen LogP contribution in [0.15, 0.2) is 12.3 Å². The molecule has 2 rings (SSSR count). The maximum Gasteiger partial charge on any atom is 0.269 e. The fraction of sp³-hybridized carbons (Fsp3) is 0.455. The van der Waals surface area contributed by atoms with Crippen LogP contribution in [0, 0.1) is 0 Å². The van der Waals surface area contributed by atoms with Crippen LogP contribution < -0.4 is 15.8 Å². The lowest BCUT2D eigenvalue weighted by Gasteiger charge is -2.09. The summed E-state index contributed by atoms with van der Waals surface area (Å²) in [4.78, 5) is 15.6. The van der Waals surface area contributed by atoms with Crippen molar-refractivity contribution >= 4 is 5.91 Å². The fourth-order valence-electron chi connectivity index (χ4n) is 1.41. The first-order valence-electron chi connectivity index (χ1n) is 5.32. The van der Waals surface area contributed by atoms with E-state index in [0.717, 1.165) is 12.8 Å². The maximum absolute atomic E-state index is 11.5. The van der Waals surface area contributed by atoms with Gasteiger partial charge in [0.1, 0.15) is 11.4 Å². The third kappa shape index (κ3) is 2.30. The molecule has 5 heteroatoms. The van der Waals surface area contributed by atoms with Crippen molar-refractivity contribution in [3.05, 3.63) is 23.5 Å². The van der Waals surface area contributed by atoms with E-state index in [-0.39, 0.29) is 12.5 Å². The number of hydrogen-bond donors (Lipinski definition) is 2. The molecule has 1 aromatic rings. The van der Waals surface area contributed by atoms with Gasteiger partial charge in [-0.3, -0.25) is 4.79 Å². The molecule has 1 fully saturated rings. The maximum atomic E-state index is 11.5. The Kier molecular flexibility index (Phi) is 3.05. The Bertz CT molecular complexity index is 402. The molecule has 1 aliphatic rings. The number of hydrogen-bond acceptors (Lipinski definition) is 4. The van der Waals surface area contributed by atoms with E-state index >= 15 is 0 Å². The van der Waals surface area contributed by atoms with Gasteiger partial charge in [-0.2, -0.15) is 0 Å². The van der Waals surface area contributed by atoms with Crippen molar-refractivity contribution in [1.82, 2.24) is 10.3 Å². The molecule has 0 spiro atoms. The van der Waals surface area contributed by atoms with Gasteiger partial charge in [0.05, 0.1) is 12.3 Å². The Balaban J connectivity index is 2.22. The molecular formula is C11H15N3O2. The van der Waals surface area contributed by atoms with Crippen LogP contribution in [0.1, 0.15) is 28.9 Å². The van der Waals surface area contributed by atoms with E-state index in [0.29, 0.717) is 23.1 Å². The lowest BCUT2D eigenvalue weighted by Crippen LogP contribution is -2.22. The molecule has 5 nitrogen and oxygen atoms in total. The molecule has 86 valence electrons. The smallest absolute Gasteiger partial charge is 0.269 e. The van der Waals surface area contributed by atoms with Crippen molar-refractivity contribution in [3.63, 3.8) is 0 Å². The van der Waals surface area contributed by atoms with Crippen LogP contribution in [0.25, 0.3) is 0 Å².